The summed E-state index contributed by atoms with van der Waals surface area (Å²) in [6.07, 6.45) is 0. The molecule has 2 aromatic rings. The van der Waals surface area contributed by atoms with E-state index in [2.05, 4.69) is 0 Å². The smallest absolute Gasteiger partial charge is 0.258 e. The molecule has 0 spiro atoms. The second-order valence-corrected chi connectivity index (χ2v) is 5.40. The van der Waals surface area contributed by atoms with Crippen molar-refractivity contribution in [2.75, 3.05) is 0 Å². The van der Waals surface area contributed by atoms with Gasteiger partial charge >= 0.3 is 0 Å². The van der Waals surface area contributed by atoms with Crippen LogP contribution in [-0.4, -0.2) is 4.92 Å². The van der Waals surface area contributed by atoms with Crippen molar-refractivity contribution in [3.8, 4) is 6.07 Å². The fourth-order valence-electron chi connectivity index (χ4n) is 1.26. The van der Waals surface area contributed by atoms with Gasteiger partial charge in [0.1, 0.15) is 11.6 Å². The van der Waals surface area contributed by atoms with Crippen molar-refractivity contribution >= 4 is 28.8 Å². The highest BCUT2D eigenvalue weighted by Gasteiger charge is 2.14. The molecular formula is C11H6N2O2S2. The molecule has 0 bridgehead atoms. The summed E-state index contributed by atoms with van der Waals surface area (Å²) in [4.78, 5) is 11.0. The third kappa shape index (κ3) is 2.64. The molecule has 0 aliphatic carbocycles. The number of nitro benzene ring substituents is 1. The highest BCUT2D eigenvalue weighted by molar-refractivity contribution is 8.01. The molecule has 0 amide bonds. The Kier molecular flexibility index (Phi) is 3.42. The third-order valence-corrected chi connectivity index (χ3v) is 4.03. The molecule has 84 valence electrons. The standard InChI is InChI=1S/C11H6N2O2S2/c12-7-8-3-4-9(6-10(8)13(14)15)17-11-2-1-5-16-11/h1-6H. The summed E-state index contributed by atoms with van der Waals surface area (Å²) >= 11 is 3.02. The average Bonchev–Trinajstić information content (AvgIpc) is 2.81. The van der Waals surface area contributed by atoms with E-state index in [0.717, 1.165) is 9.10 Å². The fourth-order valence-corrected chi connectivity index (χ4v) is 3.04. The van der Waals surface area contributed by atoms with Crippen LogP contribution in [0.25, 0.3) is 0 Å². The number of nitro groups is 1. The summed E-state index contributed by atoms with van der Waals surface area (Å²) in [5.74, 6) is 0. The van der Waals surface area contributed by atoms with Gasteiger partial charge in [0.2, 0.25) is 0 Å². The summed E-state index contributed by atoms with van der Waals surface area (Å²) < 4.78 is 1.06. The van der Waals surface area contributed by atoms with Crippen LogP contribution in [0.5, 0.6) is 0 Å². The SMILES string of the molecule is N#Cc1ccc(Sc2cccs2)cc1[N+](=O)[O-]. The van der Waals surface area contributed by atoms with E-state index in [-0.39, 0.29) is 11.3 Å². The van der Waals surface area contributed by atoms with Gasteiger partial charge in [-0.15, -0.1) is 11.3 Å². The van der Waals surface area contributed by atoms with E-state index in [1.165, 1.54) is 23.9 Å². The number of hydrogen-bond donors (Lipinski definition) is 0. The maximum absolute atomic E-state index is 10.8. The van der Waals surface area contributed by atoms with Crippen LogP contribution >= 0.6 is 23.1 Å². The Morgan fingerprint density at radius 1 is 1.41 bits per heavy atom. The number of thiophene rings is 1. The van der Waals surface area contributed by atoms with Crippen molar-refractivity contribution in [3.63, 3.8) is 0 Å². The number of nitrogens with zero attached hydrogens (tertiary/aromatic N) is 2. The first-order valence-corrected chi connectivity index (χ1v) is 6.30. The van der Waals surface area contributed by atoms with Gasteiger partial charge in [-0.1, -0.05) is 17.8 Å². The zero-order valence-electron chi connectivity index (χ0n) is 8.49. The molecule has 2 rings (SSSR count). The lowest BCUT2D eigenvalue weighted by molar-refractivity contribution is -0.385. The molecule has 0 atom stereocenters. The molecule has 0 aliphatic heterocycles. The molecule has 4 nitrogen and oxygen atoms in total. The minimum absolute atomic E-state index is 0.0885. The normalized spacial score (nSPS) is 9.82. The van der Waals surface area contributed by atoms with Crippen LogP contribution in [0, 0.1) is 21.4 Å². The Morgan fingerprint density at radius 3 is 2.82 bits per heavy atom. The third-order valence-electron chi connectivity index (χ3n) is 2.00. The van der Waals surface area contributed by atoms with Gasteiger partial charge in [-0.05, 0) is 23.6 Å². The van der Waals surface area contributed by atoms with Gasteiger partial charge in [0.15, 0.2) is 0 Å². The van der Waals surface area contributed by atoms with Crippen LogP contribution < -0.4 is 0 Å². The van der Waals surface area contributed by atoms with Gasteiger partial charge < -0.3 is 0 Å². The number of nitriles is 1. The van der Waals surface area contributed by atoms with Crippen LogP contribution in [0.3, 0.4) is 0 Å². The van der Waals surface area contributed by atoms with Crippen LogP contribution in [0.15, 0.2) is 44.8 Å². The summed E-state index contributed by atoms with van der Waals surface area (Å²) in [5.41, 5.74) is -0.0559. The molecule has 6 heteroatoms. The van der Waals surface area contributed by atoms with Gasteiger partial charge in [0, 0.05) is 11.0 Å². The Labute approximate surface area is 106 Å². The molecule has 0 unspecified atom stereocenters. The zero-order chi connectivity index (χ0) is 12.3. The first-order valence-electron chi connectivity index (χ1n) is 4.60. The first-order chi connectivity index (χ1) is 8.20. The van der Waals surface area contributed by atoms with Gasteiger partial charge in [-0.3, -0.25) is 10.1 Å². The molecule has 1 aromatic carbocycles. The van der Waals surface area contributed by atoms with Crippen LogP contribution in [0.2, 0.25) is 0 Å². The predicted octanol–water partition coefficient (Wildman–Crippen LogP) is 3.68. The molecule has 0 aliphatic rings. The second kappa shape index (κ2) is 4.99. The highest BCUT2D eigenvalue weighted by Crippen LogP contribution is 2.33. The lowest BCUT2D eigenvalue weighted by Crippen LogP contribution is -1.92. The number of hydrogen-bond acceptors (Lipinski definition) is 5. The largest absolute Gasteiger partial charge is 0.288 e. The summed E-state index contributed by atoms with van der Waals surface area (Å²) in [6.45, 7) is 0. The van der Waals surface area contributed by atoms with E-state index < -0.39 is 4.92 Å². The van der Waals surface area contributed by atoms with Crippen LogP contribution in [-0.2, 0) is 0 Å². The van der Waals surface area contributed by atoms with Gasteiger partial charge in [0.25, 0.3) is 5.69 Å². The van der Waals surface area contributed by atoms with Crippen LogP contribution in [0.4, 0.5) is 5.69 Å². The Morgan fingerprint density at radius 2 is 2.24 bits per heavy atom. The Hall–Kier alpha value is -1.84. The lowest BCUT2D eigenvalue weighted by atomic mass is 10.2. The van der Waals surface area contributed by atoms with E-state index in [0.29, 0.717) is 0 Å². The van der Waals surface area contributed by atoms with E-state index in [9.17, 15) is 10.1 Å². The molecule has 0 fully saturated rings. The first kappa shape index (κ1) is 11.6. The Bertz CT molecular complexity index is 588. The van der Waals surface area contributed by atoms with Crippen molar-refractivity contribution in [2.45, 2.75) is 9.10 Å². The fraction of sp³-hybridized carbons (Fsp3) is 0. The van der Waals surface area contributed by atoms with E-state index in [4.69, 9.17) is 5.26 Å². The monoisotopic (exact) mass is 262 g/mol. The number of benzene rings is 1. The van der Waals surface area contributed by atoms with Gasteiger partial charge in [-0.25, -0.2) is 0 Å². The van der Waals surface area contributed by atoms with Gasteiger partial charge in [0.05, 0.1) is 9.13 Å². The van der Waals surface area contributed by atoms with E-state index in [1.807, 2.05) is 23.6 Å². The summed E-state index contributed by atoms with van der Waals surface area (Å²) in [6, 6.07) is 10.3. The second-order valence-electron chi connectivity index (χ2n) is 3.08. The average molecular weight is 262 g/mol. The number of rotatable bonds is 3. The summed E-state index contributed by atoms with van der Waals surface area (Å²) in [7, 11) is 0. The predicted molar refractivity (Wildman–Crippen MR) is 66.3 cm³/mol. The van der Waals surface area contributed by atoms with Crippen molar-refractivity contribution in [3.05, 3.63) is 51.4 Å². The molecule has 1 aromatic heterocycles. The van der Waals surface area contributed by atoms with Gasteiger partial charge in [-0.2, -0.15) is 5.26 Å². The van der Waals surface area contributed by atoms with E-state index >= 15 is 0 Å². The van der Waals surface area contributed by atoms with E-state index in [1.54, 1.807) is 17.4 Å². The molecule has 1 heterocycles. The zero-order valence-corrected chi connectivity index (χ0v) is 10.1. The lowest BCUT2D eigenvalue weighted by Gasteiger charge is -1.99. The molecule has 0 radical (unpaired) electrons. The minimum atomic E-state index is -0.531. The Balaban J connectivity index is 2.35. The van der Waals surface area contributed by atoms with Crippen molar-refractivity contribution in [2.24, 2.45) is 0 Å². The van der Waals surface area contributed by atoms with Crippen molar-refractivity contribution in [1.82, 2.24) is 0 Å². The van der Waals surface area contributed by atoms with Crippen molar-refractivity contribution < 1.29 is 4.92 Å². The maximum atomic E-state index is 10.8. The molecule has 0 saturated carbocycles. The maximum Gasteiger partial charge on any atom is 0.288 e. The summed E-state index contributed by atoms with van der Waals surface area (Å²) in [5, 5.41) is 21.5. The minimum Gasteiger partial charge on any atom is -0.258 e. The quantitative estimate of drug-likeness (QED) is 0.625. The molecule has 0 N–H and O–H groups in total. The molecule has 0 saturated heterocycles. The molecular weight excluding hydrogens is 256 g/mol. The topological polar surface area (TPSA) is 66.9 Å². The highest BCUT2D eigenvalue weighted by atomic mass is 32.2. The molecule has 17 heavy (non-hydrogen) atoms. The van der Waals surface area contributed by atoms with Crippen LogP contribution in [0.1, 0.15) is 5.56 Å². The van der Waals surface area contributed by atoms with Crippen molar-refractivity contribution in [1.29, 1.82) is 5.26 Å².